The van der Waals surface area contributed by atoms with Crippen molar-refractivity contribution in [3.63, 3.8) is 0 Å². The molecule has 5 heteroatoms. The number of rotatable bonds is 5. The molecular weight excluding hydrogens is 196 g/mol. The van der Waals surface area contributed by atoms with E-state index < -0.39 is 0 Å². The van der Waals surface area contributed by atoms with Crippen LogP contribution in [0.15, 0.2) is 12.4 Å². The lowest BCUT2D eigenvalue weighted by Gasteiger charge is -2.14. The summed E-state index contributed by atoms with van der Waals surface area (Å²) in [6.07, 6.45) is 5.43. The second kappa shape index (κ2) is 5.82. The third kappa shape index (κ3) is 3.93. The zero-order valence-electron chi connectivity index (χ0n) is 8.60. The molecule has 4 nitrogen and oxygen atoms in total. The highest BCUT2D eigenvalue weighted by molar-refractivity contribution is 7.98. The first-order chi connectivity index (χ1) is 6.72. The summed E-state index contributed by atoms with van der Waals surface area (Å²) in [5.74, 6) is 1.61. The van der Waals surface area contributed by atoms with Crippen LogP contribution < -0.4 is 5.73 Å². The van der Waals surface area contributed by atoms with Crippen LogP contribution in [0.2, 0.25) is 0 Å². The summed E-state index contributed by atoms with van der Waals surface area (Å²) in [6.45, 7) is 1.89. The smallest absolute Gasteiger partial charge is 0.141 e. The van der Waals surface area contributed by atoms with Gasteiger partial charge in [0.05, 0.1) is 18.1 Å². The Labute approximate surface area is 88.9 Å². The quantitative estimate of drug-likeness (QED) is 0.784. The Hall–Kier alpha value is -0.810. The molecule has 0 radical (unpaired) electrons. The zero-order valence-corrected chi connectivity index (χ0v) is 9.42. The maximum atomic E-state index is 5.45. The molecule has 0 aliphatic heterocycles. The van der Waals surface area contributed by atoms with Gasteiger partial charge in [0, 0.05) is 18.8 Å². The average molecular weight is 212 g/mol. The van der Waals surface area contributed by atoms with E-state index in [9.17, 15) is 0 Å². The Morgan fingerprint density at radius 3 is 2.79 bits per heavy atom. The second-order valence-corrected chi connectivity index (χ2v) is 4.15. The monoisotopic (exact) mass is 212 g/mol. The minimum absolute atomic E-state index is 0.473. The largest absolute Gasteiger partial charge is 0.382 e. The van der Waals surface area contributed by atoms with Crippen LogP contribution in [0.5, 0.6) is 0 Å². The maximum absolute atomic E-state index is 5.45. The van der Waals surface area contributed by atoms with Crippen molar-refractivity contribution in [2.24, 2.45) is 0 Å². The van der Waals surface area contributed by atoms with E-state index in [1.165, 1.54) is 0 Å². The van der Waals surface area contributed by atoms with E-state index in [1.54, 1.807) is 12.4 Å². The minimum atomic E-state index is 0.473. The summed E-state index contributed by atoms with van der Waals surface area (Å²) in [6, 6.07) is 0. The summed E-state index contributed by atoms with van der Waals surface area (Å²) >= 11 is 1.85. The van der Waals surface area contributed by atoms with Gasteiger partial charge < -0.3 is 5.73 Å². The van der Waals surface area contributed by atoms with Crippen molar-refractivity contribution >= 4 is 17.6 Å². The Morgan fingerprint density at radius 1 is 1.43 bits per heavy atom. The first kappa shape index (κ1) is 11.3. The average Bonchev–Trinajstić information content (AvgIpc) is 2.18. The lowest BCUT2D eigenvalue weighted by Crippen LogP contribution is -2.21. The molecule has 1 heterocycles. The Balaban J connectivity index is 2.39. The Kier molecular flexibility index (Phi) is 4.69. The van der Waals surface area contributed by atoms with E-state index in [4.69, 9.17) is 5.73 Å². The molecule has 78 valence electrons. The molecule has 1 aromatic rings. The highest BCUT2D eigenvalue weighted by Crippen LogP contribution is 2.01. The normalized spacial score (nSPS) is 10.8. The SMILES string of the molecule is CSCCN(C)Cc1cnc(N)cn1. The van der Waals surface area contributed by atoms with Crippen molar-refractivity contribution in [1.82, 2.24) is 14.9 Å². The van der Waals surface area contributed by atoms with E-state index in [1.807, 2.05) is 11.8 Å². The van der Waals surface area contributed by atoms with Crippen LogP contribution in [-0.4, -0.2) is 40.5 Å². The van der Waals surface area contributed by atoms with Crippen molar-refractivity contribution < 1.29 is 0 Å². The lowest BCUT2D eigenvalue weighted by molar-refractivity contribution is 0.344. The summed E-state index contributed by atoms with van der Waals surface area (Å²) in [5.41, 5.74) is 6.41. The Bertz CT molecular complexity index is 262. The highest BCUT2D eigenvalue weighted by atomic mass is 32.2. The zero-order chi connectivity index (χ0) is 10.4. The van der Waals surface area contributed by atoms with Gasteiger partial charge in [0.2, 0.25) is 0 Å². The van der Waals surface area contributed by atoms with Crippen molar-refractivity contribution in [1.29, 1.82) is 0 Å². The molecule has 0 aliphatic carbocycles. The molecule has 0 saturated heterocycles. The molecule has 0 aromatic carbocycles. The van der Waals surface area contributed by atoms with Gasteiger partial charge in [0.15, 0.2) is 0 Å². The number of hydrogen-bond donors (Lipinski definition) is 1. The van der Waals surface area contributed by atoms with Crippen molar-refractivity contribution in [2.75, 3.05) is 31.3 Å². The number of nitrogen functional groups attached to an aromatic ring is 1. The van der Waals surface area contributed by atoms with Crippen molar-refractivity contribution in [3.05, 3.63) is 18.1 Å². The van der Waals surface area contributed by atoms with Crippen LogP contribution in [-0.2, 0) is 6.54 Å². The number of nitrogens with two attached hydrogens (primary N) is 1. The Morgan fingerprint density at radius 2 is 2.21 bits per heavy atom. The molecular formula is C9H16N4S. The molecule has 14 heavy (non-hydrogen) atoms. The van der Waals surface area contributed by atoms with Gasteiger partial charge in [0.1, 0.15) is 5.82 Å². The molecule has 0 fully saturated rings. The van der Waals surface area contributed by atoms with Gasteiger partial charge in [-0.3, -0.25) is 9.88 Å². The number of thioether (sulfide) groups is 1. The van der Waals surface area contributed by atoms with Gasteiger partial charge in [0.25, 0.3) is 0 Å². The van der Waals surface area contributed by atoms with E-state index in [0.29, 0.717) is 5.82 Å². The first-order valence-electron chi connectivity index (χ1n) is 4.46. The van der Waals surface area contributed by atoms with Gasteiger partial charge in [-0.05, 0) is 13.3 Å². The molecule has 0 bridgehead atoms. The molecule has 0 atom stereocenters. The van der Waals surface area contributed by atoms with Crippen LogP contribution in [0.25, 0.3) is 0 Å². The first-order valence-corrected chi connectivity index (χ1v) is 5.85. The van der Waals surface area contributed by atoms with Crippen LogP contribution in [0, 0.1) is 0 Å². The van der Waals surface area contributed by atoms with E-state index >= 15 is 0 Å². The fourth-order valence-electron chi connectivity index (χ4n) is 1.05. The third-order valence-corrected chi connectivity index (χ3v) is 2.43. The highest BCUT2D eigenvalue weighted by Gasteiger charge is 2.00. The van der Waals surface area contributed by atoms with Crippen LogP contribution in [0.3, 0.4) is 0 Å². The summed E-state index contributed by atoms with van der Waals surface area (Å²) in [5, 5.41) is 0. The van der Waals surface area contributed by atoms with Crippen molar-refractivity contribution in [3.8, 4) is 0 Å². The van der Waals surface area contributed by atoms with Crippen LogP contribution in [0.4, 0.5) is 5.82 Å². The van der Waals surface area contributed by atoms with Crippen molar-refractivity contribution in [2.45, 2.75) is 6.54 Å². The maximum Gasteiger partial charge on any atom is 0.141 e. The molecule has 0 unspecified atom stereocenters. The molecule has 0 saturated carbocycles. The van der Waals surface area contributed by atoms with Gasteiger partial charge in [-0.15, -0.1) is 0 Å². The van der Waals surface area contributed by atoms with Gasteiger partial charge in [-0.1, -0.05) is 0 Å². The topological polar surface area (TPSA) is 55.0 Å². The molecule has 0 amide bonds. The molecule has 0 aliphatic rings. The van der Waals surface area contributed by atoms with Gasteiger partial charge >= 0.3 is 0 Å². The van der Waals surface area contributed by atoms with Crippen LogP contribution >= 0.6 is 11.8 Å². The summed E-state index contributed by atoms with van der Waals surface area (Å²) < 4.78 is 0. The number of hydrogen-bond acceptors (Lipinski definition) is 5. The van der Waals surface area contributed by atoms with Crippen LogP contribution in [0.1, 0.15) is 5.69 Å². The molecule has 2 N–H and O–H groups in total. The predicted molar refractivity (Wildman–Crippen MR) is 61.2 cm³/mol. The number of aromatic nitrogens is 2. The predicted octanol–water partition coefficient (Wildman–Crippen LogP) is 0.854. The summed E-state index contributed by atoms with van der Waals surface area (Å²) in [7, 11) is 2.08. The van der Waals surface area contributed by atoms with E-state index in [-0.39, 0.29) is 0 Å². The van der Waals surface area contributed by atoms with E-state index in [2.05, 4.69) is 28.2 Å². The molecule has 1 rings (SSSR count). The second-order valence-electron chi connectivity index (χ2n) is 3.16. The molecule has 1 aromatic heterocycles. The molecule has 0 spiro atoms. The standard InChI is InChI=1S/C9H16N4S/c1-13(3-4-14-2)7-8-5-12-9(10)6-11-8/h5-6H,3-4,7H2,1-2H3,(H2,10,12). The van der Waals surface area contributed by atoms with Gasteiger partial charge in [-0.25, -0.2) is 4.98 Å². The number of anilines is 1. The summed E-state index contributed by atoms with van der Waals surface area (Å²) in [4.78, 5) is 10.4. The fourth-order valence-corrected chi connectivity index (χ4v) is 1.54. The lowest BCUT2D eigenvalue weighted by atomic mass is 10.4. The minimum Gasteiger partial charge on any atom is -0.382 e. The van der Waals surface area contributed by atoms with E-state index in [0.717, 1.165) is 24.5 Å². The third-order valence-electron chi connectivity index (χ3n) is 1.83. The number of nitrogens with zero attached hydrogens (tertiary/aromatic N) is 3. The van der Waals surface area contributed by atoms with Gasteiger partial charge in [-0.2, -0.15) is 11.8 Å². The fraction of sp³-hybridized carbons (Fsp3) is 0.556.